The maximum atomic E-state index is 13.3. The zero-order valence-corrected chi connectivity index (χ0v) is 11.6. The van der Waals surface area contributed by atoms with Crippen molar-refractivity contribution in [3.05, 3.63) is 59.9 Å². The van der Waals surface area contributed by atoms with Crippen LogP contribution in [0.3, 0.4) is 0 Å². The molecule has 21 heavy (non-hydrogen) atoms. The largest absolute Gasteiger partial charge is 0.496 e. The smallest absolute Gasteiger partial charge is 0.258 e. The van der Waals surface area contributed by atoms with E-state index in [2.05, 4.69) is 5.32 Å². The van der Waals surface area contributed by atoms with Crippen molar-refractivity contribution in [2.75, 3.05) is 13.7 Å². The van der Waals surface area contributed by atoms with Crippen LogP contribution in [0.5, 0.6) is 11.5 Å². The normalized spacial score (nSPS) is 10.0. The Hall–Kier alpha value is -2.56. The lowest BCUT2D eigenvalue weighted by molar-refractivity contribution is -0.123. The number of benzene rings is 2. The van der Waals surface area contributed by atoms with E-state index in [4.69, 9.17) is 9.47 Å². The number of halogens is 1. The molecule has 0 aliphatic rings. The highest BCUT2D eigenvalue weighted by Gasteiger charge is 2.07. The SMILES string of the molecule is COc1ccccc1CNC(=O)COc1ccccc1F. The maximum Gasteiger partial charge on any atom is 0.258 e. The quantitative estimate of drug-likeness (QED) is 0.889. The van der Waals surface area contributed by atoms with Crippen LogP contribution in [0.4, 0.5) is 4.39 Å². The first-order chi connectivity index (χ1) is 10.2. The zero-order chi connectivity index (χ0) is 15.1. The van der Waals surface area contributed by atoms with Crippen molar-refractivity contribution in [1.82, 2.24) is 5.32 Å². The Bertz CT molecular complexity index is 616. The van der Waals surface area contributed by atoms with E-state index < -0.39 is 5.82 Å². The molecule has 0 unspecified atom stereocenters. The van der Waals surface area contributed by atoms with E-state index in [9.17, 15) is 9.18 Å². The molecular formula is C16H16FNO3. The van der Waals surface area contributed by atoms with E-state index >= 15 is 0 Å². The summed E-state index contributed by atoms with van der Waals surface area (Å²) in [6.45, 7) is 0.0829. The van der Waals surface area contributed by atoms with Crippen LogP contribution in [0.25, 0.3) is 0 Å². The van der Waals surface area contributed by atoms with Gasteiger partial charge in [-0.2, -0.15) is 0 Å². The topological polar surface area (TPSA) is 47.6 Å². The zero-order valence-electron chi connectivity index (χ0n) is 11.6. The summed E-state index contributed by atoms with van der Waals surface area (Å²) in [4.78, 5) is 11.7. The van der Waals surface area contributed by atoms with Gasteiger partial charge >= 0.3 is 0 Å². The van der Waals surface area contributed by atoms with E-state index in [1.807, 2.05) is 24.3 Å². The first-order valence-electron chi connectivity index (χ1n) is 6.46. The Morgan fingerprint density at radius 1 is 1.10 bits per heavy atom. The standard InChI is InChI=1S/C16H16FNO3/c1-20-14-8-4-2-6-12(14)10-18-16(19)11-21-15-9-5-3-7-13(15)17/h2-9H,10-11H2,1H3,(H,18,19). The van der Waals surface area contributed by atoms with Gasteiger partial charge in [0.2, 0.25) is 0 Å². The van der Waals surface area contributed by atoms with Crippen LogP contribution in [0.1, 0.15) is 5.56 Å². The fourth-order valence-corrected chi connectivity index (χ4v) is 1.80. The molecule has 4 nitrogen and oxygen atoms in total. The van der Waals surface area contributed by atoms with Gasteiger partial charge in [0.1, 0.15) is 5.75 Å². The summed E-state index contributed by atoms with van der Waals surface area (Å²) < 4.78 is 23.6. The van der Waals surface area contributed by atoms with Gasteiger partial charge < -0.3 is 14.8 Å². The van der Waals surface area contributed by atoms with Crippen LogP contribution >= 0.6 is 0 Å². The average molecular weight is 289 g/mol. The molecule has 0 aromatic heterocycles. The maximum absolute atomic E-state index is 13.3. The number of hydrogen-bond acceptors (Lipinski definition) is 3. The van der Waals surface area contributed by atoms with Crippen molar-refractivity contribution in [2.24, 2.45) is 0 Å². The van der Waals surface area contributed by atoms with Crippen LogP contribution in [-0.2, 0) is 11.3 Å². The number of ether oxygens (including phenoxy) is 2. The first-order valence-corrected chi connectivity index (χ1v) is 6.46. The summed E-state index contributed by atoms with van der Waals surface area (Å²) in [5.74, 6) is -0.0584. The molecule has 110 valence electrons. The Labute approximate surface area is 122 Å². The highest BCUT2D eigenvalue weighted by Crippen LogP contribution is 2.17. The number of para-hydroxylation sites is 2. The second-order valence-corrected chi connectivity index (χ2v) is 4.31. The molecule has 5 heteroatoms. The summed E-state index contributed by atoms with van der Waals surface area (Å²) in [5.41, 5.74) is 0.860. The third kappa shape index (κ3) is 4.21. The number of carbonyl (C=O) groups excluding carboxylic acids is 1. The van der Waals surface area contributed by atoms with Crippen LogP contribution in [-0.4, -0.2) is 19.6 Å². The van der Waals surface area contributed by atoms with Crippen LogP contribution < -0.4 is 14.8 Å². The number of hydrogen-bond donors (Lipinski definition) is 1. The molecule has 1 N–H and O–H groups in total. The van der Waals surface area contributed by atoms with Crippen LogP contribution in [0.2, 0.25) is 0 Å². The van der Waals surface area contributed by atoms with Crippen LogP contribution in [0, 0.1) is 5.82 Å². The predicted octanol–water partition coefficient (Wildman–Crippen LogP) is 2.53. The Balaban J connectivity index is 1.84. The summed E-state index contributed by atoms with van der Waals surface area (Å²) >= 11 is 0. The molecule has 2 aromatic carbocycles. The average Bonchev–Trinajstić information content (AvgIpc) is 2.52. The summed E-state index contributed by atoms with van der Waals surface area (Å²) in [6.07, 6.45) is 0. The highest BCUT2D eigenvalue weighted by atomic mass is 19.1. The van der Waals surface area contributed by atoms with Crippen molar-refractivity contribution in [1.29, 1.82) is 0 Å². The molecule has 0 aliphatic heterocycles. The van der Waals surface area contributed by atoms with Gasteiger partial charge in [-0.05, 0) is 18.2 Å². The van der Waals surface area contributed by atoms with Gasteiger partial charge in [-0.25, -0.2) is 4.39 Å². The van der Waals surface area contributed by atoms with Gasteiger partial charge in [-0.3, -0.25) is 4.79 Å². The Morgan fingerprint density at radius 2 is 1.76 bits per heavy atom. The summed E-state index contributed by atoms with van der Waals surface area (Å²) in [5, 5.41) is 2.70. The van der Waals surface area contributed by atoms with Crippen LogP contribution in [0.15, 0.2) is 48.5 Å². The van der Waals surface area contributed by atoms with Gasteiger partial charge in [0.05, 0.1) is 7.11 Å². The van der Waals surface area contributed by atoms with Crippen molar-refractivity contribution in [2.45, 2.75) is 6.54 Å². The molecule has 0 spiro atoms. The summed E-state index contributed by atoms with van der Waals surface area (Å²) in [7, 11) is 1.57. The highest BCUT2D eigenvalue weighted by molar-refractivity contribution is 5.77. The minimum absolute atomic E-state index is 0.0601. The van der Waals surface area contributed by atoms with E-state index in [0.29, 0.717) is 12.3 Å². The third-order valence-electron chi connectivity index (χ3n) is 2.86. The lowest BCUT2D eigenvalue weighted by Gasteiger charge is -2.10. The molecular weight excluding hydrogens is 273 g/mol. The molecule has 0 fully saturated rings. The van der Waals surface area contributed by atoms with Gasteiger partial charge in [0.15, 0.2) is 18.2 Å². The molecule has 0 radical (unpaired) electrons. The number of methoxy groups -OCH3 is 1. The number of nitrogens with one attached hydrogen (secondary N) is 1. The third-order valence-corrected chi connectivity index (χ3v) is 2.86. The summed E-state index contributed by atoms with van der Waals surface area (Å²) in [6, 6.07) is 13.3. The Kier molecular flexibility index (Phi) is 5.15. The molecule has 1 amide bonds. The lowest BCUT2D eigenvalue weighted by Crippen LogP contribution is -2.28. The van der Waals surface area contributed by atoms with Gasteiger partial charge in [0, 0.05) is 12.1 Å². The number of amides is 1. The van der Waals surface area contributed by atoms with Crippen molar-refractivity contribution in [3.63, 3.8) is 0 Å². The van der Waals surface area contributed by atoms with Crippen molar-refractivity contribution in [3.8, 4) is 11.5 Å². The van der Waals surface area contributed by atoms with Gasteiger partial charge in [-0.1, -0.05) is 30.3 Å². The van der Waals surface area contributed by atoms with Gasteiger partial charge in [-0.15, -0.1) is 0 Å². The van der Waals surface area contributed by atoms with E-state index in [1.165, 1.54) is 12.1 Å². The lowest BCUT2D eigenvalue weighted by atomic mass is 10.2. The first kappa shape index (κ1) is 14.8. The minimum atomic E-state index is -0.491. The fraction of sp³-hybridized carbons (Fsp3) is 0.188. The number of carbonyl (C=O) groups is 1. The monoisotopic (exact) mass is 289 g/mol. The molecule has 0 bridgehead atoms. The molecule has 2 rings (SSSR count). The molecule has 0 saturated carbocycles. The second kappa shape index (κ2) is 7.28. The van der Waals surface area contributed by atoms with Gasteiger partial charge in [0.25, 0.3) is 5.91 Å². The van der Waals surface area contributed by atoms with E-state index in [-0.39, 0.29) is 18.3 Å². The number of rotatable bonds is 6. The predicted molar refractivity (Wildman–Crippen MR) is 76.7 cm³/mol. The van der Waals surface area contributed by atoms with E-state index in [1.54, 1.807) is 19.2 Å². The van der Waals surface area contributed by atoms with Crippen molar-refractivity contribution < 1.29 is 18.7 Å². The molecule has 0 atom stereocenters. The molecule has 0 heterocycles. The molecule has 0 aliphatic carbocycles. The van der Waals surface area contributed by atoms with Crippen molar-refractivity contribution >= 4 is 5.91 Å². The molecule has 0 saturated heterocycles. The second-order valence-electron chi connectivity index (χ2n) is 4.31. The molecule has 2 aromatic rings. The Morgan fingerprint density at radius 3 is 2.48 bits per heavy atom. The fourth-order valence-electron chi connectivity index (χ4n) is 1.80. The van der Waals surface area contributed by atoms with E-state index in [0.717, 1.165) is 5.56 Å². The minimum Gasteiger partial charge on any atom is -0.496 e.